The highest BCUT2D eigenvalue weighted by atomic mass is 35.5. The summed E-state index contributed by atoms with van der Waals surface area (Å²) in [5.74, 6) is -0.0608. The van der Waals surface area contributed by atoms with E-state index in [0.29, 0.717) is 6.54 Å². The second-order valence-corrected chi connectivity index (χ2v) is 6.12. The molecule has 0 aliphatic carbocycles. The van der Waals surface area contributed by atoms with Gasteiger partial charge >= 0.3 is 6.18 Å². The van der Waals surface area contributed by atoms with Gasteiger partial charge in [-0.25, -0.2) is 9.97 Å². The van der Waals surface area contributed by atoms with Crippen LogP contribution in [-0.2, 0) is 6.18 Å². The minimum Gasteiger partial charge on any atom is -0.353 e. The third-order valence-electron chi connectivity index (χ3n) is 2.26. The second kappa shape index (κ2) is 5.94. The molecule has 0 aliphatic heterocycles. The van der Waals surface area contributed by atoms with E-state index in [1.807, 2.05) is 20.8 Å². The Morgan fingerprint density at radius 2 is 1.95 bits per heavy atom. The van der Waals surface area contributed by atoms with Crippen molar-refractivity contribution in [1.82, 2.24) is 9.97 Å². The first-order chi connectivity index (χ1) is 8.58. The Labute approximate surface area is 115 Å². The van der Waals surface area contributed by atoms with Crippen molar-refractivity contribution in [1.29, 1.82) is 0 Å². The van der Waals surface area contributed by atoms with Gasteiger partial charge in [0.15, 0.2) is 0 Å². The molecule has 1 aromatic heterocycles. The van der Waals surface area contributed by atoms with E-state index in [1.165, 1.54) is 0 Å². The molecule has 1 rings (SSSR count). The van der Waals surface area contributed by atoms with Crippen molar-refractivity contribution >= 4 is 17.5 Å². The molecule has 0 saturated heterocycles. The Hall–Kier alpha value is -1.04. The van der Waals surface area contributed by atoms with Gasteiger partial charge in [-0.2, -0.15) is 13.2 Å². The monoisotopic (exact) mass is 295 g/mol. The molecule has 108 valence electrons. The zero-order valence-corrected chi connectivity index (χ0v) is 11.8. The van der Waals surface area contributed by atoms with Gasteiger partial charge in [0, 0.05) is 12.7 Å². The number of alkyl halides is 4. The van der Waals surface area contributed by atoms with Crippen LogP contribution in [0.3, 0.4) is 0 Å². The lowest BCUT2D eigenvalue weighted by molar-refractivity contribution is -0.141. The van der Waals surface area contributed by atoms with Crippen molar-refractivity contribution < 1.29 is 13.2 Å². The van der Waals surface area contributed by atoms with Crippen molar-refractivity contribution in [3.05, 3.63) is 18.0 Å². The summed E-state index contributed by atoms with van der Waals surface area (Å²) in [5.41, 5.74) is -0.907. The van der Waals surface area contributed by atoms with Gasteiger partial charge in [-0.05, 0) is 17.9 Å². The first-order valence-electron chi connectivity index (χ1n) is 5.86. The number of rotatable bonds is 4. The molecule has 1 aromatic rings. The van der Waals surface area contributed by atoms with Crippen molar-refractivity contribution in [2.45, 2.75) is 38.7 Å². The van der Waals surface area contributed by atoms with Gasteiger partial charge in [0.05, 0.1) is 5.38 Å². The van der Waals surface area contributed by atoms with E-state index in [2.05, 4.69) is 15.3 Å². The molecule has 19 heavy (non-hydrogen) atoms. The number of nitrogens with one attached hydrogen (secondary N) is 1. The van der Waals surface area contributed by atoms with E-state index in [0.717, 1.165) is 18.7 Å². The smallest absolute Gasteiger partial charge is 0.353 e. The average Bonchev–Trinajstić information content (AvgIpc) is 2.23. The lowest BCUT2D eigenvalue weighted by Crippen LogP contribution is -2.22. The second-order valence-electron chi connectivity index (χ2n) is 5.51. The SMILES string of the molecule is CC(C)(C)CC(Cl)CNc1nccc(C(F)(F)F)n1. The maximum atomic E-state index is 12.4. The van der Waals surface area contributed by atoms with Crippen LogP contribution < -0.4 is 5.32 Å². The molecule has 0 radical (unpaired) electrons. The maximum absolute atomic E-state index is 12.4. The van der Waals surface area contributed by atoms with Crippen LogP contribution in [0.4, 0.5) is 19.1 Å². The molecule has 0 amide bonds. The normalized spacial score (nSPS) is 14.3. The predicted octanol–water partition coefficient (Wildman–Crippen LogP) is 3.95. The van der Waals surface area contributed by atoms with E-state index in [1.54, 1.807) is 0 Å². The Balaban J connectivity index is 2.59. The molecule has 0 saturated carbocycles. The third kappa shape index (κ3) is 6.09. The number of anilines is 1. The topological polar surface area (TPSA) is 37.8 Å². The van der Waals surface area contributed by atoms with E-state index in [-0.39, 0.29) is 16.7 Å². The van der Waals surface area contributed by atoms with Crippen LogP contribution in [0.25, 0.3) is 0 Å². The largest absolute Gasteiger partial charge is 0.433 e. The molecule has 1 heterocycles. The van der Waals surface area contributed by atoms with E-state index in [9.17, 15) is 13.2 Å². The van der Waals surface area contributed by atoms with Crippen LogP contribution in [0.15, 0.2) is 12.3 Å². The van der Waals surface area contributed by atoms with Gasteiger partial charge in [-0.1, -0.05) is 20.8 Å². The lowest BCUT2D eigenvalue weighted by Gasteiger charge is -2.22. The highest BCUT2D eigenvalue weighted by Crippen LogP contribution is 2.28. The Morgan fingerprint density at radius 1 is 1.32 bits per heavy atom. The van der Waals surface area contributed by atoms with Gasteiger partial charge in [0.2, 0.25) is 5.95 Å². The van der Waals surface area contributed by atoms with Crippen LogP contribution in [0.2, 0.25) is 0 Å². The minimum absolute atomic E-state index is 0.0583. The predicted molar refractivity (Wildman–Crippen MR) is 69.2 cm³/mol. The van der Waals surface area contributed by atoms with Crippen LogP contribution >= 0.6 is 11.6 Å². The molecule has 0 spiro atoms. The molecular formula is C12H17ClF3N3. The van der Waals surface area contributed by atoms with Crippen LogP contribution in [0.5, 0.6) is 0 Å². The highest BCUT2D eigenvalue weighted by Gasteiger charge is 2.32. The summed E-state index contributed by atoms with van der Waals surface area (Å²) in [4.78, 5) is 7.15. The van der Waals surface area contributed by atoms with E-state index in [4.69, 9.17) is 11.6 Å². The summed E-state index contributed by atoms with van der Waals surface area (Å²) >= 11 is 6.10. The van der Waals surface area contributed by atoms with E-state index < -0.39 is 11.9 Å². The van der Waals surface area contributed by atoms with Gasteiger partial charge in [-0.15, -0.1) is 11.6 Å². The zero-order chi connectivity index (χ0) is 14.7. The molecule has 1 unspecified atom stereocenters. The molecule has 0 aromatic carbocycles. The first kappa shape index (κ1) is 16.0. The summed E-state index contributed by atoms with van der Waals surface area (Å²) in [5, 5.41) is 2.53. The van der Waals surface area contributed by atoms with Gasteiger partial charge in [0.1, 0.15) is 5.69 Å². The summed E-state index contributed by atoms with van der Waals surface area (Å²) < 4.78 is 37.3. The van der Waals surface area contributed by atoms with E-state index >= 15 is 0 Å². The lowest BCUT2D eigenvalue weighted by atomic mass is 9.90. The molecule has 0 aliphatic rings. The molecule has 1 atom stereocenters. The molecule has 0 bridgehead atoms. The van der Waals surface area contributed by atoms with Gasteiger partial charge in [0.25, 0.3) is 0 Å². The Kier molecular flexibility index (Phi) is 5.01. The molecule has 7 heteroatoms. The van der Waals surface area contributed by atoms with Crippen molar-refractivity contribution in [3.63, 3.8) is 0 Å². The van der Waals surface area contributed by atoms with Crippen LogP contribution in [0, 0.1) is 5.41 Å². The molecular weight excluding hydrogens is 279 g/mol. The first-order valence-corrected chi connectivity index (χ1v) is 6.30. The number of hydrogen-bond acceptors (Lipinski definition) is 3. The van der Waals surface area contributed by atoms with Crippen LogP contribution in [-0.4, -0.2) is 21.9 Å². The summed E-state index contributed by atoms with van der Waals surface area (Å²) in [6.07, 6.45) is -2.66. The summed E-state index contributed by atoms with van der Waals surface area (Å²) in [7, 11) is 0. The quantitative estimate of drug-likeness (QED) is 0.855. The standard InChI is InChI=1S/C12H17ClF3N3/c1-11(2,3)6-8(13)7-18-10-17-5-4-9(19-10)12(14,15)16/h4-5,8H,6-7H2,1-3H3,(H,17,18,19). The fraction of sp³-hybridized carbons (Fsp3) is 0.667. The molecule has 0 fully saturated rings. The van der Waals surface area contributed by atoms with Crippen molar-refractivity contribution in [2.75, 3.05) is 11.9 Å². The number of nitrogens with zero attached hydrogens (tertiary/aromatic N) is 2. The van der Waals surface area contributed by atoms with Crippen LogP contribution in [0.1, 0.15) is 32.9 Å². The summed E-state index contributed by atoms with van der Waals surface area (Å²) in [6.45, 7) is 6.45. The van der Waals surface area contributed by atoms with Crippen molar-refractivity contribution in [3.8, 4) is 0 Å². The van der Waals surface area contributed by atoms with Crippen molar-refractivity contribution in [2.24, 2.45) is 5.41 Å². The summed E-state index contributed by atoms with van der Waals surface area (Å²) in [6, 6.07) is 0.832. The number of aromatic nitrogens is 2. The average molecular weight is 296 g/mol. The fourth-order valence-electron chi connectivity index (χ4n) is 1.54. The zero-order valence-electron chi connectivity index (χ0n) is 11.1. The maximum Gasteiger partial charge on any atom is 0.433 e. The fourth-order valence-corrected chi connectivity index (χ4v) is 2.08. The number of halogens is 4. The molecule has 1 N–H and O–H groups in total. The Morgan fingerprint density at radius 3 is 2.47 bits per heavy atom. The van der Waals surface area contributed by atoms with Gasteiger partial charge < -0.3 is 5.32 Å². The van der Waals surface area contributed by atoms with Gasteiger partial charge in [-0.3, -0.25) is 0 Å². The third-order valence-corrected chi connectivity index (χ3v) is 2.57. The minimum atomic E-state index is -4.47. The Bertz CT molecular complexity index is 415. The molecule has 3 nitrogen and oxygen atoms in total. The highest BCUT2D eigenvalue weighted by molar-refractivity contribution is 6.20. The number of hydrogen-bond donors (Lipinski definition) is 1.